The Labute approximate surface area is 122 Å². The third kappa shape index (κ3) is 2.57. The second-order valence-corrected chi connectivity index (χ2v) is 5.73. The summed E-state index contributed by atoms with van der Waals surface area (Å²) >= 11 is 1.74. The van der Waals surface area contributed by atoms with E-state index in [0.717, 1.165) is 27.4 Å². The number of aryl methyl sites for hydroxylation is 1. The predicted molar refractivity (Wildman–Crippen MR) is 82.6 cm³/mol. The minimum absolute atomic E-state index is 0.0842. The van der Waals surface area contributed by atoms with Gasteiger partial charge in [-0.2, -0.15) is 5.10 Å². The van der Waals surface area contributed by atoms with Gasteiger partial charge in [-0.1, -0.05) is 30.3 Å². The van der Waals surface area contributed by atoms with Gasteiger partial charge in [0.2, 0.25) is 0 Å². The normalized spacial score (nSPS) is 11.1. The maximum absolute atomic E-state index is 9.17. The zero-order valence-corrected chi connectivity index (χ0v) is 12.1. The second kappa shape index (κ2) is 5.69. The van der Waals surface area contributed by atoms with E-state index in [1.54, 1.807) is 11.8 Å². The summed E-state index contributed by atoms with van der Waals surface area (Å²) in [5.41, 5.74) is 3.20. The summed E-state index contributed by atoms with van der Waals surface area (Å²) < 4.78 is 1.93. The number of aliphatic hydroxyl groups is 1. The Balaban J connectivity index is 1.83. The highest BCUT2D eigenvalue weighted by Crippen LogP contribution is 2.27. The fourth-order valence-corrected chi connectivity index (χ4v) is 3.21. The molecule has 4 heteroatoms. The molecular formula is C16H16N2OS. The molecular weight excluding hydrogens is 268 g/mol. The number of nitrogens with zero attached hydrogens (tertiary/aromatic N) is 2. The van der Waals surface area contributed by atoms with Gasteiger partial charge in [0.1, 0.15) is 0 Å². The van der Waals surface area contributed by atoms with Crippen LogP contribution in [-0.4, -0.2) is 14.9 Å². The number of benzene rings is 2. The van der Waals surface area contributed by atoms with Crippen molar-refractivity contribution in [3.63, 3.8) is 0 Å². The van der Waals surface area contributed by atoms with E-state index in [1.807, 2.05) is 42.1 Å². The van der Waals surface area contributed by atoms with Crippen LogP contribution in [0.25, 0.3) is 10.9 Å². The number of para-hydroxylation sites is 1. The SMILES string of the molecule is Cn1nc(CSc2cccc(CO)c2)c2ccccc21. The van der Waals surface area contributed by atoms with Crippen LogP contribution in [0.5, 0.6) is 0 Å². The molecule has 1 aromatic heterocycles. The van der Waals surface area contributed by atoms with Crippen molar-refractivity contribution < 1.29 is 5.11 Å². The standard InChI is InChI=1S/C16H16N2OS/c1-18-16-8-3-2-7-14(16)15(17-18)11-20-13-6-4-5-12(9-13)10-19/h2-9,19H,10-11H2,1H3. The van der Waals surface area contributed by atoms with Crippen molar-refractivity contribution in [2.75, 3.05) is 0 Å². The van der Waals surface area contributed by atoms with E-state index < -0.39 is 0 Å². The summed E-state index contributed by atoms with van der Waals surface area (Å²) in [5, 5.41) is 15.0. The van der Waals surface area contributed by atoms with Crippen LogP contribution in [0.15, 0.2) is 53.4 Å². The molecule has 3 nitrogen and oxygen atoms in total. The van der Waals surface area contributed by atoms with E-state index in [2.05, 4.69) is 23.3 Å². The van der Waals surface area contributed by atoms with Gasteiger partial charge in [-0.15, -0.1) is 11.8 Å². The molecule has 1 N–H and O–H groups in total. The average Bonchev–Trinajstić information content (AvgIpc) is 2.82. The van der Waals surface area contributed by atoms with Gasteiger partial charge in [0.05, 0.1) is 17.8 Å². The van der Waals surface area contributed by atoms with Crippen molar-refractivity contribution in [3.05, 3.63) is 59.8 Å². The molecule has 0 aliphatic rings. The van der Waals surface area contributed by atoms with Crippen molar-refractivity contribution >= 4 is 22.7 Å². The Hall–Kier alpha value is -1.78. The second-order valence-electron chi connectivity index (χ2n) is 4.68. The molecule has 0 amide bonds. The van der Waals surface area contributed by atoms with Crippen LogP contribution in [0.2, 0.25) is 0 Å². The van der Waals surface area contributed by atoms with Crippen molar-refractivity contribution in [3.8, 4) is 0 Å². The molecule has 102 valence electrons. The van der Waals surface area contributed by atoms with Crippen LogP contribution in [-0.2, 0) is 19.4 Å². The lowest BCUT2D eigenvalue weighted by molar-refractivity contribution is 0.281. The van der Waals surface area contributed by atoms with Crippen LogP contribution in [0.4, 0.5) is 0 Å². The van der Waals surface area contributed by atoms with Crippen LogP contribution in [0.3, 0.4) is 0 Å². The minimum Gasteiger partial charge on any atom is -0.392 e. The first kappa shape index (κ1) is 13.2. The highest BCUT2D eigenvalue weighted by atomic mass is 32.2. The van der Waals surface area contributed by atoms with Crippen molar-refractivity contribution in [2.45, 2.75) is 17.3 Å². The third-order valence-electron chi connectivity index (χ3n) is 3.29. The number of thioether (sulfide) groups is 1. The number of hydrogen-bond acceptors (Lipinski definition) is 3. The number of hydrogen-bond donors (Lipinski definition) is 1. The van der Waals surface area contributed by atoms with E-state index in [1.165, 1.54) is 5.39 Å². The first-order valence-corrected chi connectivity index (χ1v) is 7.49. The van der Waals surface area contributed by atoms with E-state index in [0.29, 0.717) is 0 Å². The highest BCUT2D eigenvalue weighted by molar-refractivity contribution is 7.98. The molecule has 20 heavy (non-hydrogen) atoms. The summed E-state index contributed by atoms with van der Waals surface area (Å²) in [6.07, 6.45) is 0. The molecule has 3 aromatic rings. The molecule has 1 heterocycles. The lowest BCUT2D eigenvalue weighted by Gasteiger charge is -2.02. The fraction of sp³-hybridized carbons (Fsp3) is 0.188. The smallest absolute Gasteiger partial charge is 0.0805 e. The van der Waals surface area contributed by atoms with Gasteiger partial charge in [-0.05, 0) is 23.8 Å². The predicted octanol–water partition coefficient (Wildman–Crippen LogP) is 3.36. The highest BCUT2D eigenvalue weighted by Gasteiger charge is 2.08. The van der Waals surface area contributed by atoms with Gasteiger partial charge in [-0.3, -0.25) is 4.68 Å². The zero-order valence-electron chi connectivity index (χ0n) is 11.3. The molecule has 0 bridgehead atoms. The largest absolute Gasteiger partial charge is 0.392 e. The van der Waals surface area contributed by atoms with E-state index >= 15 is 0 Å². The van der Waals surface area contributed by atoms with Crippen LogP contribution in [0, 0.1) is 0 Å². The maximum atomic E-state index is 9.17. The Morgan fingerprint density at radius 3 is 2.85 bits per heavy atom. The number of aliphatic hydroxyl groups excluding tert-OH is 1. The first-order valence-electron chi connectivity index (χ1n) is 6.51. The average molecular weight is 284 g/mol. The third-order valence-corrected chi connectivity index (χ3v) is 4.30. The summed E-state index contributed by atoms with van der Waals surface area (Å²) in [6.45, 7) is 0.0842. The van der Waals surface area contributed by atoms with E-state index in [-0.39, 0.29) is 6.61 Å². The molecule has 0 unspecified atom stereocenters. The molecule has 0 spiro atoms. The van der Waals surface area contributed by atoms with Crippen molar-refractivity contribution in [1.82, 2.24) is 9.78 Å². The van der Waals surface area contributed by atoms with Crippen LogP contribution < -0.4 is 0 Å². The van der Waals surface area contributed by atoms with Crippen LogP contribution in [0.1, 0.15) is 11.3 Å². The van der Waals surface area contributed by atoms with Crippen LogP contribution >= 0.6 is 11.8 Å². The number of rotatable bonds is 4. The summed E-state index contributed by atoms with van der Waals surface area (Å²) in [4.78, 5) is 1.16. The molecule has 0 fully saturated rings. The fourth-order valence-electron chi connectivity index (χ4n) is 2.28. The topological polar surface area (TPSA) is 38.0 Å². The number of aromatic nitrogens is 2. The Morgan fingerprint density at radius 1 is 1.15 bits per heavy atom. The van der Waals surface area contributed by atoms with Crippen molar-refractivity contribution in [1.29, 1.82) is 0 Å². The summed E-state index contributed by atoms with van der Waals surface area (Å²) in [7, 11) is 1.98. The monoisotopic (exact) mass is 284 g/mol. The lowest BCUT2D eigenvalue weighted by Crippen LogP contribution is -1.90. The zero-order chi connectivity index (χ0) is 13.9. The number of fused-ring (bicyclic) bond motifs is 1. The maximum Gasteiger partial charge on any atom is 0.0805 e. The van der Waals surface area contributed by atoms with Gasteiger partial charge >= 0.3 is 0 Å². The van der Waals surface area contributed by atoms with Gasteiger partial charge in [0.15, 0.2) is 0 Å². The molecule has 0 aliphatic carbocycles. The minimum atomic E-state index is 0.0842. The summed E-state index contributed by atoms with van der Waals surface area (Å²) in [6, 6.07) is 16.3. The van der Waals surface area contributed by atoms with Gasteiger partial charge < -0.3 is 5.11 Å². The van der Waals surface area contributed by atoms with Crippen molar-refractivity contribution in [2.24, 2.45) is 7.05 Å². The molecule has 0 radical (unpaired) electrons. The molecule has 0 aliphatic heterocycles. The Bertz CT molecular complexity index is 736. The Morgan fingerprint density at radius 2 is 2.00 bits per heavy atom. The molecule has 2 aromatic carbocycles. The molecule has 0 saturated heterocycles. The molecule has 0 saturated carbocycles. The Kier molecular flexibility index (Phi) is 3.76. The van der Waals surface area contributed by atoms with Gasteiger partial charge in [-0.25, -0.2) is 0 Å². The summed E-state index contributed by atoms with van der Waals surface area (Å²) in [5.74, 6) is 0.830. The lowest BCUT2D eigenvalue weighted by atomic mass is 10.2. The molecule has 0 atom stereocenters. The molecule has 3 rings (SSSR count). The van der Waals surface area contributed by atoms with Gasteiger partial charge in [0.25, 0.3) is 0 Å². The first-order chi connectivity index (χ1) is 9.78. The van der Waals surface area contributed by atoms with E-state index in [9.17, 15) is 0 Å². The van der Waals surface area contributed by atoms with E-state index in [4.69, 9.17) is 5.11 Å². The quantitative estimate of drug-likeness (QED) is 0.747. The van der Waals surface area contributed by atoms with Gasteiger partial charge in [0, 0.05) is 23.1 Å².